The fraction of sp³-hybridized carbons (Fsp3) is 0.143. The van der Waals surface area contributed by atoms with Gasteiger partial charge in [-0.05, 0) is 31.1 Å². The summed E-state index contributed by atoms with van der Waals surface area (Å²) in [5.74, 6) is -0.344. The van der Waals surface area contributed by atoms with Crippen LogP contribution in [0, 0.1) is 18.3 Å². The van der Waals surface area contributed by atoms with Crippen LogP contribution in [-0.4, -0.2) is 17.4 Å². The third-order valence-corrected chi connectivity index (χ3v) is 4.14. The van der Waals surface area contributed by atoms with E-state index >= 15 is 0 Å². The first-order valence-corrected chi connectivity index (χ1v) is 8.20. The fourth-order valence-corrected chi connectivity index (χ4v) is 2.84. The summed E-state index contributed by atoms with van der Waals surface area (Å²) in [5.41, 5.74) is 4.07. The van der Waals surface area contributed by atoms with Gasteiger partial charge in [0.15, 0.2) is 0 Å². The second-order valence-corrected chi connectivity index (χ2v) is 5.87. The van der Waals surface area contributed by atoms with Crippen LogP contribution in [0.25, 0.3) is 17.0 Å². The number of aryl methyl sites for hydroxylation is 1. The number of para-hydroxylation sites is 1. The van der Waals surface area contributed by atoms with Gasteiger partial charge in [-0.3, -0.25) is 4.79 Å². The van der Waals surface area contributed by atoms with Crippen LogP contribution in [0.15, 0.2) is 60.2 Å². The van der Waals surface area contributed by atoms with Crippen molar-refractivity contribution in [2.45, 2.75) is 13.3 Å². The highest BCUT2D eigenvalue weighted by molar-refractivity contribution is 6.04. The van der Waals surface area contributed by atoms with Gasteiger partial charge in [-0.2, -0.15) is 5.26 Å². The molecule has 3 aromatic rings. The lowest BCUT2D eigenvalue weighted by molar-refractivity contribution is -0.117. The zero-order valence-electron chi connectivity index (χ0n) is 14.0. The number of nitriles is 1. The molecule has 1 aromatic heterocycles. The minimum absolute atomic E-state index is 0.112. The van der Waals surface area contributed by atoms with Crippen molar-refractivity contribution in [1.29, 1.82) is 5.26 Å². The van der Waals surface area contributed by atoms with Gasteiger partial charge in [0.2, 0.25) is 0 Å². The van der Waals surface area contributed by atoms with Crippen LogP contribution in [0.3, 0.4) is 0 Å². The Morgan fingerprint density at radius 2 is 1.88 bits per heavy atom. The maximum Gasteiger partial charge on any atom is 0.261 e. The lowest BCUT2D eigenvalue weighted by atomic mass is 10.1. The van der Waals surface area contributed by atoms with E-state index in [1.165, 1.54) is 0 Å². The van der Waals surface area contributed by atoms with E-state index in [0.29, 0.717) is 6.54 Å². The number of aromatic amines is 1. The summed E-state index contributed by atoms with van der Waals surface area (Å²) in [4.78, 5) is 15.6. The maximum atomic E-state index is 12.3. The maximum absolute atomic E-state index is 12.3. The number of nitrogens with one attached hydrogen (secondary N) is 2. The van der Waals surface area contributed by atoms with E-state index in [9.17, 15) is 10.1 Å². The Balaban J connectivity index is 1.74. The molecular formula is C21H19N3O. The van der Waals surface area contributed by atoms with Crippen molar-refractivity contribution in [2.24, 2.45) is 0 Å². The SMILES string of the molecule is Cc1[nH]c2ccccc2c1C=C(C#N)C(=O)NCCc1ccccc1. The van der Waals surface area contributed by atoms with Gasteiger partial charge in [-0.15, -0.1) is 0 Å². The third kappa shape index (κ3) is 3.78. The van der Waals surface area contributed by atoms with E-state index in [-0.39, 0.29) is 11.5 Å². The Hall–Kier alpha value is -3.32. The number of rotatable bonds is 5. The first kappa shape index (κ1) is 16.5. The van der Waals surface area contributed by atoms with Crippen molar-refractivity contribution in [1.82, 2.24) is 10.3 Å². The van der Waals surface area contributed by atoms with Crippen molar-refractivity contribution in [3.63, 3.8) is 0 Å². The molecule has 1 amide bonds. The number of fused-ring (bicyclic) bond motifs is 1. The molecule has 2 aromatic carbocycles. The van der Waals surface area contributed by atoms with E-state index < -0.39 is 0 Å². The number of carbonyl (C=O) groups excluding carboxylic acids is 1. The molecule has 0 aliphatic rings. The second kappa shape index (κ2) is 7.50. The molecule has 124 valence electrons. The first-order chi connectivity index (χ1) is 12.2. The molecule has 0 spiro atoms. The van der Waals surface area contributed by atoms with Gasteiger partial charge in [0, 0.05) is 28.7 Å². The highest BCUT2D eigenvalue weighted by Crippen LogP contribution is 2.24. The molecule has 4 heteroatoms. The molecule has 0 saturated carbocycles. The molecule has 0 aliphatic heterocycles. The molecular weight excluding hydrogens is 310 g/mol. The van der Waals surface area contributed by atoms with Crippen molar-refractivity contribution in [3.05, 3.63) is 77.0 Å². The van der Waals surface area contributed by atoms with Crippen LogP contribution in [-0.2, 0) is 11.2 Å². The van der Waals surface area contributed by atoms with Gasteiger partial charge >= 0.3 is 0 Å². The molecule has 0 fully saturated rings. The van der Waals surface area contributed by atoms with Crippen LogP contribution >= 0.6 is 0 Å². The Labute approximate surface area is 146 Å². The van der Waals surface area contributed by atoms with Crippen molar-refractivity contribution in [3.8, 4) is 6.07 Å². The predicted octanol–water partition coefficient (Wildman–Crippen LogP) is 3.74. The minimum atomic E-state index is -0.344. The van der Waals surface area contributed by atoms with Crippen LogP contribution < -0.4 is 5.32 Å². The molecule has 0 saturated heterocycles. The van der Waals surface area contributed by atoms with Crippen LogP contribution in [0.4, 0.5) is 0 Å². The number of carbonyl (C=O) groups is 1. The number of amides is 1. The Bertz CT molecular complexity index is 962. The van der Waals surface area contributed by atoms with E-state index in [4.69, 9.17) is 0 Å². The van der Waals surface area contributed by atoms with Gasteiger partial charge in [0.1, 0.15) is 11.6 Å². The third-order valence-electron chi connectivity index (χ3n) is 4.14. The number of hydrogen-bond acceptors (Lipinski definition) is 2. The fourth-order valence-electron chi connectivity index (χ4n) is 2.84. The Morgan fingerprint density at radius 3 is 2.64 bits per heavy atom. The van der Waals surface area contributed by atoms with Crippen molar-refractivity contribution < 1.29 is 4.79 Å². The van der Waals surface area contributed by atoms with Gasteiger partial charge in [-0.25, -0.2) is 0 Å². The first-order valence-electron chi connectivity index (χ1n) is 8.20. The minimum Gasteiger partial charge on any atom is -0.358 e. The summed E-state index contributed by atoms with van der Waals surface area (Å²) in [6.07, 6.45) is 2.39. The van der Waals surface area contributed by atoms with Crippen LogP contribution in [0.2, 0.25) is 0 Å². The highest BCUT2D eigenvalue weighted by Gasteiger charge is 2.12. The monoisotopic (exact) mass is 329 g/mol. The molecule has 25 heavy (non-hydrogen) atoms. The lowest BCUT2D eigenvalue weighted by Crippen LogP contribution is -2.26. The quantitative estimate of drug-likeness (QED) is 0.553. The topological polar surface area (TPSA) is 68.7 Å². The summed E-state index contributed by atoms with van der Waals surface area (Å²) in [6.45, 7) is 2.43. The number of aromatic nitrogens is 1. The Kier molecular flexibility index (Phi) is 4.96. The van der Waals surface area contributed by atoms with E-state index in [1.807, 2.05) is 67.6 Å². The highest BCUT2D eigenvalue weighted by atomic mass is 16.1. The second-order valence-electron chi connectivity index (χ2n) is 5.87. The van der Waals surface area contributed by atoms with E-state index in [2.05, 4.69) is 10.3 Å². The molecule has 0 radical (unpaired) electrons. The zero-order chi connectivity index (χ0) is 17.6. The number of H-pyrrole nitrogens is 1. The standard InChI is InChI=1S/C21H19N3O/c1-15-19(18-9-5-6-10-20(18)24-15)13-17(14-22)21(25)23-12-11-16-7-3-2-4-8-16/h2-10,13,24H,11-12H2,1H3,(H,23,25). The van der Waals surface area contributed by atoms with Crippen LogP contribution in [0.5, 0.6) is 0 Å². The number of benzene rings is 2. The summed E-state index contributed by atoms with van der Waals surface area (Å²) >= 11 is 0. The smallest absolute Gasteiger partial charge is 0.261 e. The van der Waals surface area contributed by atoms with Crippen molar-refractivity contribution >= 4 is 22.9 Å². The predicted molar refractivity (Wildman–Crippen MR) is 99.8 cm³/mol. The molecule has 0 bridgehead atoms. The molecule has 1 heterocycles. The zero-order valence-corrected chi connectivity index (χ0v) is 14.0. The van der Waals surface area contributed by atoms with Gasteiger partial charge in [0.25, 0.3) is 5.91 Å². The summed E-state index contributed by atoms with van der Waals surface area (Å²) in [7, 11) is 0. The summed E-state index contributed by atoms with van der Waals surface area (Å²) in [6, 6.07) is 19.8. The molecule has 3 rings (SSSR count). The van der Waals surface area contributed by atoms with E-state index in [1.54, 1.807) is 6.08 Å². The van der Waals surface area contributed by atoms with E-state index in [0.717, 1.165) is 34.1 Å². The lowest BCUT2D eigenvalue weighted by Gasteiger charge is -2.04. The van der Waals surface area contributed by atoms with Crippen LogP contribution in [0.1, 0.15) is 16.8 Å². The van der Waals surface area contributed by atoms with Gasteiger partial charge in [0.05, 0.1) is 0 Å². The van der Waals surface area contributed by atoms with Gasteiger partial charge < -0.3 is 10.3 Å². The largest absolute Gasteiger partial charge is 0.358 e. The average Bonchev–Trinajstić information content (AvgIpc) is 2.95. The molecule has 0 unspecified atom stereocenters. The summed E-state index contributed by atoms with van der Waals surface area (Å²) in [5, 5.41) is 13.2. The number of hydrogen-bond donors (Lipinski definition) is 2. The van der Waals surface area contributed by atoms with Gasteiger partial charge in [-0.1, -0.05) is 48.5 Å². The van der Waals surface area contributed by atoms with Crippen molar-refractivity contribution in [2.75, 3.05) is 6.54 Å². The Morgan fingerprint density at radius 1 is 1.16 bits per heavy atom. The summed E-state index contributed by atoms with van der Waals surface area (Å²) < 4.78 is 0. The normalized spacial score (nSPS) is 11.3. The molecule has 2 N–H and O–H groups in total. The molecule has 4 nitrogen and oxygen atoms in total. The molecule has 0 aliphatic carbocycles. The average molecular weight is 329 g/mol. The molecule has 0 atom stereocenters. The number of nitrogens with zero attached hydrogens (tertiary/aromatic N) is 1.